The standard InChI is InChI=1S/C19H21N3O6S/c1-12-16-17(19(25)22(18(16)24)5-2-8-23)14-11-13(3-4-15(14)20-12)29(26,27)21-6-9-28-10-7-21/h3-4,11,23H,2,5-10H2,1H3. The van der Waals surface area contributed by atoms with Gasteiger partial charge in [-0.15, -0.1) is 0 Å². The topological polar surface area (TPSA) is 117 Å². The summed E-state index contributed by atoms with van der Waals surface area (Å²) in [5, 5.41) is 9.39. The second-order valence-electron chi connectivity index (χ2n) is 6.98. The van der Waals surface area contributed by atoms with E-state index in [1.807, 2.05) is 0 Å². The fourth-order valence-electron chi connectivity index (χ4n) is 3.74. The highest BCUT2D eigenvalue weighted by Gasteiger charge is 2.39. The zero-order chi connectivity index (χ0) is 20.8. The number of sulfonamides is 1. The molecule has 1 saturated heterocycles. The summed E-state index contributed by atoms with van der Waals surface area (Å²) in [6, 6.07) is 4.45. The van der Waals surface area contributed by atoms with Gasteiger partial charge in [-0.3, -0.25) is 19.5 Å². The van der Waals surface area contributed by atoms with E-state index in [4.69, 9.17) is 9.84 Å². The molecule has 2 aliphatic rings. The number of ether oxygens (including phenoxy) is 1. The van der Waals surface area contributed by atoms with Gasteiger partial charge in [0.2, 0.25) is 10.0 Å². The third-order valence-electron chi connectivity index (χ3n) is 5.20. The van der Waals surface area contributed by atoms with Crippen molar-refractivity contribution in [3.05, 3.63) is 35.0 Å². The molecule has 1 aromatic heterocycles. The molecule has 2 aliphatic heterocycles. The van der Waals surface area contributed by atoms with Crippen LogP contribution in [0, 0.1) is 6.92 Å². The van der Waals surface area contributed by atoms with Gasteiger partial charge in [-0.05, 0) is 31.5 Å². The average Bonchev–Trinajstić information content (AvgIpc) is 2.98. The molecule has 1 aromatic carbocycles. The van der Waals surface area contributed by atoms with Crippen molar-refractivity contribution in [2.75, 3.05) is 39.5 Å². The predicted molar refractivity (Wildman–Crippen MR) is 103 cm³/mol. The number of nitrogens with zero attached hydrogens (tertiary/aromatic N) is 3. The van der Waals surface area contributed by atoms with Gasteiger partial charge in [0.05, 0.1) is 40.4 Å². The van der Waals surface area contributed by atoms with Gasteiger partial charge in [-0.2, -0.15) is 4.31 Å². The molecule has 1 fully saturated rings. The van der Waals surface area contributed by atoms with Crippen molar-refractivity contribution in [1.29, 1.82) is 0 Å². The van der Waals surface area contributed by atoms with Crippen molar-refractivity contribution in [3.63, 3.8) is 0 Å². The Kier molecular flexibility index (Phi) is 5.11. The van der Waals surface area contributed by atoms with Gasteiger partial charge in [0.1, 0.15) is 0 Å². The van der Waals surface area contributed by atoms with Crippen LogP contribution in [0.2, 0.25) is 0 Å². The highest BCUT2D eigenvalue weighted by Crippen LogP contribution is 2.33. The number of morpholine rings is 1. The molecule has 2 aromatic rings. The highest BCUT2D eigenvalue weighted by atomic mass is 32.2. The molecular formula is C19H21N3O6S. The summed E-state index contributed by atoms with van der Waals surface area (Å²) in [5.41, 5.74) is 1.24. The number of carbonyl (C=O) groups excluding carboxylic acids is 2. The predicted octanol–water partition coefficient (Wildman–Crippen LogP) is 0.543. The molecule has 3 heterocycles. The molecule has 0 radical (unpaired) electrons. The molecule has 29 heavy (non-hydrogen) atoms. The number of rotatable bonds is 5. The van der Waals surface area contributed by atoms with Crippen LogP contribution in [-0.4, -0.2) is 79.0 Å². The second-order valence-corrected chi connectivity index (χ2v) is 8.92. The molecule has 154 valence electrons. The minimum atomic E-state index is -3.76. The van der Waals surface area contributed by atoms with E-state index in [2.05, 4.69) is 4.98 Å². The van der Waals surface area contributed by atoms with E-state index >= 15 is 0 Å². The van der Waals surface area contributed by atoms with Crippen LogP contribution in [0.5, 0.6) is 0 Å². The molecule has 0 aliphatic carbocycles. The Hall–Kier alpha value is -2.40. The van der Waals surface area contributed by atoms with Crippen molar-refractivity contribution in [3.8, 4) is 0 Å². The molecule has 2 amide bonds. The van der Waals surface area contributed by atoms with Gasteiger partial charge in [0.15, 0.2) is 0 Å². The Morgan fingerprint density at radius 3 is 2.52 bits per heavy atom. The van der Waals surface area contributed by atoms with Crippen LogP contribution in [0.3, 0.4) is 0 Å². The number of aromatic nitrogens is 1. The lowest BCUT2D eigenvalue weighted by atomic mass is 10.0. The molecule has 0 bridgehead atoms. The van der Waals surface area contributed by atoms with Crippen molar-refractivity contribution in [1.82, 2.24) is 14.2 Å². The second kappa shape index (κ2) is 7.45. The lowest BCUT2D eigenvalue weighted by Gasteiger charge is -2.26. The Balaban J connectivity index is 1.85. The van der Waals surface area contributed by atoms with Crippen LogP contribution in [-0.2, 0) is 14.8 Å². The zero-order valence-electron chi connectivity index (χ0n) is 15.9. The van der Waals surface area contributed by atoms with Crippen molar-refractivity contribution in [2.45, 2.75) is 18.2 Å². The summed E-state index contributed by atoms with van der Waals surface area (Å²) < 4.78 is 32.6. The van der Waals surface area contributed by atoms with Gasteiger partial charge in [0, 0.05) is 31.6 Å². The van der Waals surface area contributed by atoms with Gasteiger partial charge >= 0.3 is 0 Å². The third-order valence-corrected chi connectivity index (χ3v) is 7.10. The van der Waals surface area contributed by atoms with E-state index in [0.717, 1.165) is 4.90 Å². The number of amides is 2. The molecular weight excluding hydrogens is 398 g/mol. The monoisotopic (exact) mass is 419 g/mol. The molecule has 0 saturated carbocycles. The fraction of sp³-hybridized carbons (Fsp3) is 0.421. The van der Waals surface area contributed by atoms with Crippen molar-refractivity contribution >= 4 is 32.7 Å². The molecule has 0 unspecified atom stereocenters. The molecule has 0 atom stereocenters. The summed E-state index contributed by atoms with van der Waals surface area (Å²) in [7, 11) is -3.76. The fourth-order valence-corrected chi connectivity index (χ4v) is 5.17. The minimum absolute atomic E-state index is 0.0498. The van der Waals surface area contributed by atoms with E-state index in [1.54, 1.807) is 13.0 Å². The van der Waals surface area contributed by atoms with Gasteiger partial charge in [0.25, 0.3) is 11.8 Å². The number of imide groups is 1. The first-order valence-electron chi connectivity index (χ1n) is 9.35. The SMILES string of the molecule is Cc1nc2ccc(S(=O)(=O)N3CCOCC3)cc2c2c1C(=O)N(CCCO)C2=O. The van der Waals surface area contributed by atoms with Crippen molar-refractivity contribution in [2.24, 2.45) is 0 Å². The van der Waals surface area contributed by atoms with E-state index in [9.17, 15) is 18.0 Å². The highest BCUT2D eigenvalue weighted by molar-refractivity contribution is 7.89. The van der Waals surface area contributed by atoms with Gasteiger partial charge in [-0.1, -0.05) is 0 Å². The number of aryl methyl sites for hydroxylation is 1. The van der Waals surface area contributed by atoms with Crippen LogP contribution < -0.4 is 0 Å². The maximum absolute atomic E-state index is 13.0. The summed E-state index contributed by atoms with van der Waals surface area (Å²) in [6.07, 6.45) is 0.270. The number of hydrogen-bond acceptors (Lipinski definition) is 7. The zero-order valence-corrected chi connectivity index (χ0v) is 16.7. The largest absolute Gasteiger partial charge is 0.396 e. The number of fused-ring (bicyclic) bond motifs is 3. The lowest BCUT2D eigenvalue weighted by molar-refractivity contribution is 0.0645. The molecule has 4 rings (SSSR count). The minimum Gasteiger partial charge on any atom is -0.396 e. The van der Waals surface area contributed by atoms with Gasteiger partial charge in [-0.25, -0.2) is 8.42 Å². The van der Waals surface area contributed by atoms with Crippen molar-refractivity contribution < 1.29 is 27.9 Å². The lowest BCUT2D eigenvalue weighted by Crippen LogP contribution is -2.40. The normalized spacial score (nSPS) is 17.9. The number of benzene rings is 1. The van der Waals surface area contributed by atoms with E-state index in [1.165, 1.54) is 16.4 Å². The smallest absolute Gasteiger partial charge is 0.263 e. The van der Waals surface area contributed by atoms with Crippen LogP contribution >= 0.6 is 0 Å². The maximum atomic E-state index is 13.0. The van der Waals surface area contributed by atoms with Crippen LogP contribution in [0.25, 0.3) is 10.9 Å². The number of carbonyl (C=O) groups is 2. The number of aliphatic hydroxyl groups excluding tert-OH is 1. The van der Waals surface area contributed by atoms with Crippen LogP contribution in [0.1, 0.15) is 32.8 Å². The Bertz CT molecular complexity index is 1110. The maximum Gasteiger partial charge on any atom is 0.263 e. The Morgan fingerprint density at radius 2 is 1.83 bits per heavy atom. The Labute approximate surface area is 167 Å². The number of pyridine rings is 1. The first-order chi connectivity index (χ1) is 13.9. The average molecular weight is 419 g/mol. The summed E-state index contributed by atoms with van der Waals surface area (Å²) in [6.45, 7) is 2.78. The van der Waals surface area contributed by atoms with E-state index < -0.39 is 21.8 Å². The number of aliphatic hydroxyl groups is 1. The molecule has 1 N–H and O–H groups in total. The van der Waals surface area contributed by atoms with Crippen LogP contribution in [0.4, 0.5) is 0 Å². The first kappa shape index (κ1) is 19.9. The molecule has 10 heteroatoms. The molecule has 0 spiro atoms. The summed E-state index contributed by atoms with van der Waals surface area (Å²) >= 11 is 0. The summed E-state index contributed by atoms with van der Waals surface area (Å²) in [4.78, 5) is 31.2. The van der Waals surface area contributed by atoms with E-state index in [0.29, 0.717) is 29.8 Å². The van der Waals surface area contributed by atoms with Gasteiger partial charge < -0.3 is 9.84 Å². The van der Waals surface area contributed by atoms with Crippen LogP contribution in [0.15, 0.2) is 23.1 Å². The van der Waals surface area contributed by atoms with E-state index in [-0.39, 0.29) is 48.7 Å². The third kappa shape index (κ3) is 3.21. The first-order valence-corrected chi connectivity index (χ1v) is 10.8. The quantitative estimate of drug-likeness (QED) is 0.703. The number of hydrogen-bond donors (Lipinski definition) is 1. The molecule has 9 nitrogen and oxygen atoms in total. The summed E-state index contributed by atoms with van der Waals surface area (Å²) in [5.74, 6) is -0.957. The Morgan fingerprint density at radius 1 is 1.14 bits per heavy atom.